The molecule has 1 saturated carbocycles. The van der Waals surface area contributed by atoms with Crippen molar-refractivity contribution in [1.82, 2.24) is 19.6 Å². The number of nitrogens with one attached hydrogen (secondary N) is 1. The maximum absolute atomic E-state index is 6.23. The van der Waals surface area contributed by atoms with Crippen LogP contribution in [0.15, 0.2) is 54.7 Å². The summed E-state index contributed by atoms with van der Waals surface area (Å²) < 4.78 is 1.83. The number of benzene rings is 1. The minimum atomic E-state index is 0.437. The van der Waals surface area contributed by atoms with Gasteiger partial charge in [0, 0.05) is 23.4 Å². The highest BCUT2D eigenvalue weighted by Gasteiger charge is 2.19. The minimum Gasteiger partial charge on any atom is -0.367 e. The molecule has 0 unspecified atom stereocenters. The number of pyridine rings is 1. The van der Waals surface area contributed by atoms with E-state index in [2.05, 4.69) is 52.7 Å². The summed E-state index contributed by atoms with van der Waals surface area (Å²) in [5.41, 5.74) is 5.85. The molecule has 5 nitrogen and oxygen atoms in total. The van der Waals surface area contributed by atoms with Gasteiger partial charge in [-0.25, -0.2) is 14.5 Å². The van der Waals surface area contributed by atoms with Crippen LogP contribution < -0.4 is 5.32 Å². The van der Waals surface area contributed by atoms with Crippen LogP contribution in [0.2, 0.25) is 5.15 Å². The van der Waals surface area contributed by atoms with Gasteiger partial charge in [-0.1, -0.05) is 54.6 Å². The minimum absolute atomic E-state index is 0.437. The summed E-state index contributed by atoms with van der Waals surface area (Å²) in [7, 11) is 0. The van der Waals surface area contributed by atoms with Gasteiger partial charge in [-0.15, -0.1) is 0 Å². The number of anilines is 1. The summed E-state index contributed by atoms with van der Waals surface area (Å²) in [6.45, 7) is 2.09. The monoisotopic (exact) mass is 417 g/mol. The SMILES string of the molecule is Cc1cccc(-c2nc3ccc(Cl)nn3c2-c2ccnc(NC3CCCCC3)c2)c1. The summed E-state index contributed by atoms with van der Waals surface area (Å²) in [5.74, 6) is 0.895. The van der Waals surface area contributed by atoms with Crippen molar-refractivity contribution in [3.8, 4) is 22.5 Å². The molecule has 0 amide bonds. The van der Waals surface area contributed by atoms with Crippen LogP contribution in [0.4, 0.5) is 5.82 Å². The topological polar surface area (TPSA) is 55.1 Å². The Kier molecular flexibility index (Phi) is 5.13. The number of aromatic nitrogens is 4. The molecule has 1 aromatic carbocycles. The zero-order valence-electron chi connectivity index (χ0n) is 17.0. The van der Waals surface area contributed by atoms with E-state index < -0.39 is 0 Å². The van der Waals surface area contributed by atoms with E-state index in [1.807, 2.05) is 22.8 Å². The number of aryl methyl sites for hydroxylation is 1. The van der Waals surface area contributed by atoms with Crippen LogP contribution in [0.3, 0.4) is 0 Å². The lowest BCUT2D eigenvalue weighted by molar-refractivity contribution is 0.462. The number of nitrogens with zero attached hydrogens (tertiary/aromatic N) is 4. The molecule has 0 aliphatic heterocycles. The molecule has 152 valence electrons. The van der Waals surface area contributed by atoms with Crippen LogP contribution in [0, 0.1) is 6.92 Å². The fourth-order valence-corrected chi connectivity index (χ4v) is 4.42. The third kappa shape index (κ3) is 3.77. The summed E-state index contributed by atoms with van der Waals surface area (Å²) in [6, 6.07) is 16.7. The van der Waals surface area contributed by atoms with E-state index in [0.29, 0.717) is 11.2 Å². The molecule has 3 heterocycles. The second-order valence-corrected chi connectivity index (χ2v) is 8.40. The van der Waals surface area contributed by atoms with Crippen molar-refractivity contribution in [2.75, 3.05) is 5.32 Å². The van der Waals surface area contributed by atoms with Crippen molar-refractivity contribution in [2.45, 2.75) is 45.1 Å². The van der Waals surface area contributed by atoms with E-state index in [1.165, 1.54) is 37.7 Å². The largest absolute Gasteiger partial charge is 0.367 e. The third-order valence-electron chi connectivity index (χ3n) is 5.73. The zero-order chi connectivity index (χ0) is 20.5. The van der Waals surface area contributed by atoms with Crippen LogP contribution in [-0.2, 0) is 0 Å². The number of fused-ring (bicyclic) bond motifs is 1. The van der Waals surface area contributed by atoms with Gasteiger partial charge < -0.3 is 5.32 Å². The van der Waals surface area contributed by atoms with E-state index in [0.717, 1.165) is 34.0 Å². The Morgan fingerprint density at radius 2 is 1.87 bits per heavy atom. The first-order valence-electron chi connectivity index (χ1n) is 10.5. The number of rotatable bonds is 4. The van der Waals surface area contributed by atoms with Crippen LogP contribution in [0.1, 0.15) is 37.7 Å². The molecule has 0 radical (unpaired) electrons. The van der Waals surface area contributed by atoms with E-state index in [1.54, 1.807) is 6.07 Å². The Bertz CT molecular complexity index is 1190. The maximum Gasteiger partial charge on any atom is 0.155 e. The normalized spacial score (nSPS) is 14.9. The molecule has 0 spiro atoms. The lowest BCUT2D eigenvalue weighted by atomic mass is 9.95. The van der Waals surface area contributed by atoms with Crippen molar-refractivity contribution >= 4 is 23.1 Å². The molecule has 0 saturated heterocycles. The maximum atomic E-state index is 6.23. The number of halogens is 1. The van der Waals surface area contributed by atoms with Gasteiger partial charge in [0.2, 0.25) is 0 Å². The molecule has 6 heteroatoms. The van der Waals surface area contributed by atoms with Gasteiger partial charge in [0.05, 0.1) is 5.69 Å². The molecule has 3 aromatic heterocycles. The fourth-order valence-electron chi connectivity index (χ4n) is 4.28. The number of imidazole rings is 1. The number of hydrogen-bond acceptors (Lipinski definition) is 4. The van der Waals surface area contributed by atoms with Gasteiger partial charge in [-0.05, 0) is 50.1 Å². The Balaban J connectivity index is 1.63. The molecule has 30 heavy (non-hydrogen) atoms. The standard InChI is InChI=1S/C24H24ClN5/c1-16-6-5-7-17(14-16)23-24(30-22(28-23)11-10-20(25)29-30)18-12-13-26-21(15-18)27-19-8-3-2-4-9-19/h5-7,10-15,19H,2-4,8-9H2,1H3,(H,26,27). The summed E-state index contributed by atoms with van der Waals surface area (Å²) in [5, 5.41) is 8.61. The van der Waals surface area contributed by atoms with E-state index >= 15 is 0 Å². The van der Waals surface area contributed by atoms with E-state index in [-0.39, 0.29) is 0 Å². The van der Waals surface area contributed by atoms with Crippen LogP contribution in [0.25, 0.3) is 28.2 Å². The van der Waals surface area contributed by atoms with Gasteiger partial charge in [-0.2, -0.15) is 5.10 Å². The Morgan fingerprint density at radius 1 is 1.00 bits per heavy atom. The van der Waals surface area contributed by atoms with E-state index in [4.69, 9.17) is 16.6 Å². The van der Waals surface area contributed by atoms with Crippen LogP contribution in [-0.4, -0.2) is 25.6 Å². The lowest BCUT2D eigenvalue weighted by Crippen LogP contribution is -2.22. The molecule has 0 atom stereocenters. The molecular weight excluding hydrogens is 394 g/mol. The average molecular weight is 418 g/mol. The second-order valence-electron chi connectivity index (χ2n) is 8.01. The highest BCUT2D eigenvalue weighted by atomic mass is 35.5. The molecule has 5 rings (SSSR count). The summed E-state index contributed by atoms with van der Waals surface area (Å²) in [6.07, 6.45) is 8.15. The zero-order valence-corrected chi connectivity index (χ0v) is 17.7. The molecule has 1 aliphatic rings. The predicted octanol–water partition coefficient (Wildman–Crippen LogP) is 6.16. The van der Waals surface area contributed by atoms with E-state index in [9.17, 15) is 0 Å². The highest BCUT2D eigenvalue weighted by Crippen LogP contribution is 2.34. The summed E-state index contributed by atoms with van der Waals surface area (Å²) >= 11 is 6.23. The van der Waals surface area contributed by atoms with Crippen molar-refractivity contribution in [3.63, 3.8) is 0 Å². The third-order valence-corrected chi connectivity index (χ3v) is 5.93. The quantitative estimate of drug-likeness (QED) is 0.431. The van der Waals surface area contributed by atoms with Crippen molar-refractivity contribution in [3.05, 3.63) is 65.4 Å². The molecule has 1 aliphatic carbocycles. The van der Waals surface area contributed by atoms with Gasteiger partial charge in [-0.3, -0.25) is 0 Å². The first kappa shape index (κ1) is 19.1. The smallest absolute Gasteiger partial charge is 0.155 e. The van der Waals surface area contributed by atoms with Gasteiger partial charge >= 0.3 is 0 Å². The van der Waals surface area contributed by atoms with Crippen molar-refractivity contribution in [1.29, 1.82) is 0 Å². The van der Waals surface area contributed by atoms with Crippen LogP contribution >= 0.6 is 11.6 Å². The van der Waals surface area contributed by atoms with Gasteiger partial charge in [0.1, 0.15) is 16.7 Å². The summed E-state index contributed by atoms with van der Waals surface area (Å²) in [4.78, 5) is 9.46. The van der Waals surface area contributed by atoms with Crippen molar-refractivity contribution < 1.29 is 0 Å². The number of hydrogen-bond donors (Lipinski definition) is 1. The second kappa shape index (κ2) is 8.07. The molecule has 4 aromatic rings. The Labute approximate surface area is 181 Å². The molecule has 0 bridgehead atoms. The highest BCUT2D eigenvalue weighted by molar-refractivity contribution is 6.29. The molecule has 1 fully saturated rings. The van der Waals surface area contributed by atoms with Gasteiger partial charge in [0.15, 0.2) is 5.65 Å². The van der Waals surface area contributed by atoms with Crippen molar-refractivity contribution in [2.24, 2.45) is 0 Å². The predicted molar refractivity (Wildman–Crippen MR) is 122 cm³/mol. The first-order chi connectivity index (χ1) is 14.7. The average Bonchev–Trinajstić information content (AvgIpc) is 3.13. The first-order valence-corrected chi connectivity index (χ1v) is 10.9. The Hall–Kier alpha value is -2.92. The van der Waals surface area contributed by atoms with Crippen LogP contribution in [0.5, 0.6) is 0 Å². The Morgan fingerprint density at radius 3 is 2.70 bits per heavy atom. The fraction of sp³-hybridized carbons (Fsp3) is 0.292. The molecule has 1 N–H and O–H groups in total. The van der Waals surface area contributed by atoms with Gasteiger partial charge in [0.25, 0.3) is 0 Å². The molecular formula is C24H24ClN5. The lowest BCUT2D eigenvalue weighted by Gasteiger charge is -2.23.